The molecule has 2 rings (SSSR count). The quantitative estimate of drug-likeness (QED) is 0.638. The molecule has 0 bridgehead atoms. The molecular formula is C10H5ClN2. The van der Waals surface area contributed by atoms with Gasteiger partial charge in [-0.15, -0.1) is 0 Å². The summed E-state index contributed by atoms with van der Waals surface area (Å²) in [4.78, 5) is 4.12. The lowest BCUT2D eigenvalue weighted by molar-refractivity contribution is 1.39. The molecule has 0 aliphatic rings. The molecule has 0 aliphatic heterocycles. The number of rotatable bonds is 0. The van der Waals surface area contributed by atoms with Gasteiger partial charge in [0.2, 0.25) is 0 Å². The van der Waals surface area contributed by atoms with E-state index in [-0.39, 0.29) is 0 Å². The highest BCUT2D eigenvalue weighted by Crippen LogP contribution is 2.19. The van der Waals surface area contributed by atoms with Gasteiger partial charge in [0.15, 0.2) is 0 Å². The molecule has 0 radical (unpaired) electrons. The topological polar surface area (TPSA) is 36.7 Å². The van der Waals surface area contributed by atoms with Crippen molar-refractivity contribution in [1.82, 2.24) is 4.98 Å². The molecule has 62 valence electrons. The maximum Gasteiger partial charge on any atom is 0.0999 e. The number of nitriles is 1. The van der Waals surface area contributed by atoms with Crippen LogP contribution in [0.3, 0.4) is 0 Å². The summed E-state index contributed by atoms with van der Waals surface area (Å²) in [5.41, 5.74) is 1.38. The minimum atomic E-state index is 0.627. The zero-order valence-corrected chi connectivity index (χ0v) is 7.42. The Hall–Kier alpha value is -1.59. The lowest BCUT2D eigenvalue weighted by Gasteiger charge is -1.98. The molecule has 2 nitrogen and oxygen atoms in total. The Morgan fingerprint density at radius 3 is 2.92 bits per heavy atom. The third-order valence-corrected chi connectivity index (χ3v) is 2.06. The molecule has 1 aromatic heterocycles. The monoisotopic (exact) mass is 188 g/mol. The number of halogens is 1. The SMILES string of the molecule is N#Cc1ccnc2cc(Cl)ccc12. The number of nitrogens with zero attached hydrogens (tertiary/aromatic N) is 2. The summed E-state index contributed by atoms with van der Waals surface area (Å²) in [6.45, 7) is 0. The van der Waals surface area contributed by atoms with Gasteiger partial charge < -0.3 is 0 Å². The van der Waals surface area contributed by atoms with Crippen molar-refractivity contribution in [3.63, 3.8) is 0 Å². The minimum absolute atomic E-state index is 0.627. The summed E-state index contributed by atoms with van der Waals surface area (Å²) >= 11 is 5.79. The van der Waals surface area contributed by atoms with Crippen LogP contribution in [-0.4, -0.2) is 4.98 Å². The molecule has 13 heavy (non-hydrogen) atoms. The van der Waals surface area contributed by atoms with E-state index < -0.39 is 0 Å². The van der Waals surface area contributed by atoms with Gasteiger partial charge in [-0.05, 0) is 24.3 Å². The maximum atomic E-state index is 8.79. The predicted octanol–water partition coefficient (Wildman–Crippen LogP) is 2.76. The highest BCUT2D eigenvalue weighted by atomic mass is 35.5. The van der Waals surface area contributed by atoms with E-state index in [0.717, 1.165) is 10.9 Å². The predicted molar refractivity (Wildman–Crippen MR) is 51.5 cm³/mol. The average Bonchev–Trinajstić information content (AvgIpc) is 2.16. The van der Waals surface area contributed by atoms with E-state index in [1.54, 1.807) is 24.4 Å². The van der Waals surface area contributed by atoms with Gasteiger partial charge in [-0.3, -0.25) is 4.98 Å². The van der Waals surface area contributed by atoms with Gasteiger partial charge in [-0.2, -0.15) is 5.26 Å². The standard InChI is InChI=1S/C10H5ClN2/c11-8-1-2-9-7(6-12)3-4-13-10(9)5-8/h1-5H. The summed E-state index contributed by atoms with van der Waals surface area (Å²) < 4.78 is 0. The van der Waals surface area contributed by atoms with E-state index in [0.29, 0.717) is 10.6 Å². The second-order valence-corrected chi connectivity index (χ2v) is 3.07. The third kappa shape index (κ3) is 1.34. The van der Waals surface area contributed by atoms with E-state index >= 15 is 0 Å². The number of fused-ring (bicyclic) bond motifs is 1. The normalized spacial score (nSPS) is 9.85. The number of hydrogen-bond acceptors (Lipinski definition) is 2. The fourth-order valence-corrected chi connectivity index (χ4v) is 1.39. The van der Waals surface area contributed by atoms with E-state index in [9.17, 15) is 0 Å². The molecule has 0 unspecified atom stereocenters. The van der Waals surface area contributed by atoms with E-state index in [2.05, 4.69) is 11.1 Å². The molecule has 0 fully saturated rings. The number of pyridine rings is 1. The Kier molecular flexibility index (Phi) is 1.88. The smallest absolute Gasteiger partial charge is 0.0999 e. The second-order valence-electron chi connectivity index (χ2n) is 2.63. The first-order valence-electron chi connectivity index (χ1n) is 3.75. The summed E-state index contributed by atoms with van der Waals surface area (Å²) in [6, 6.07) is 9.11. The Morgan fingerprint density at radius 1 is 1.31 bits per heavy atom. The number of aromatic nitrogens is 1. The number of hydrogen-bond donors (Lipinski definition) is 0. The van der Waals surface area contributed by atoms with Crippen molar-refractivity contribution in [3.05, 3.63) is 41.0 Å². The van der Waals surface area contributed by atoms with Crippen molar-refractivity contribution in [3.8, 4) is 6.07 Å². The van der Waals surface area contributed by atoms with Gasteiger partial charge in [-0.1, -0.05) is 11.6 Å². The molecule has 0 aliphatic carbocycles. The third-order valence-electron chi connectivity index (χ3n) is 1.83. The van der Waals surface area contributed by atoms with Crippen molar-refractivity contribution in [2.24, 2.45) is 0 Å². The van der Waals surface area contributed by atoms with Crippen LogP contribution >= 0.6 is 11.6 Å². The highest BCUT2D eigenvalue weighted by Gasteiger charge is 2.00. The van der Waals surface area contributed by atoms with Crippen molar-refractivity contribution in [2.75, 3.05) is 0 Å². The van der Waals surface area contributed by atoms with Crippen LogP contribution in [0.1, 0.15) is 5.56 Å². The Morgan fingerprint density at radius 2 is 2.15 bits per heavy atom. The van der Waals surface area contributed by atoms with E-state index in [1.165, 1.54) is 0 Å². The summed E-state index contributed by atoms with van der Waals surface area (Å²) in [5, 5.41) is 10.3. The lowest BCUT2D eigenvalue weighted by Crippen LogP contribution is -1.82. The van der Waals surface area contributed by atoms with Crippen molar-refractivity contribution in [2.45, 2.75) is 0 Å². The van der Waals surface area contributed by atoms with Crippen LogP contribution < -0.4 is 0 Å². The molecule has 0 atom stereocenters. The van der Waals surface area contributed by atoms with Gasteiger partial charge in [0.25, 0.3) is 0 Å². The molecule has 0 amide bonds. The molecular weight excluding hydrogens is 184 g/mol. The van der Waals surface area contributed by atoms with Gasteiger partial charge in [0, 0.05) is 16.6 Å². The van der Waals surface area contributed by atoms with Gasteiger partial charge in [-0.25, -0.2) is 0 Å². The van der Waals surface area contributed by atoms with Gasteiger partial charge >= 0.3 is 0 Å². The van der Waals surface area contributed by atoms with Crippen LogP contribution in [0.25, 0.3) is 10.9 Å². The Balaban J connectivity index is 2.87. The molecule has 0 N–H and O–H groups in total. The average molecular weight is 189 g/mol. The van der Waals surface area contributed by atoms with Gasteiger partial charge in [0.1, 0.15) is 0 Å². The van der Waals surface area contributed by atoms with Crippen LogP contribution in [0.4, 0.5) is 0 Å². The van der Waals surface area contributed by atoms with Crippen molar-refractivity contribution < 1.29 is 0 Å². The zero-order chi connectivity index (χ0) is 9.26. The first-order chi connectivity index (χ1) is 6.31. The van der Waals surface area contributed by atoms with Crippen LogP contribution in [0.15, 0.2) is 30.5 Å². The lowest BCUT2D eigenvalue weighted by atomic mass is 10.1. The van der Waals surface area contributed by atoms with Gasteiger partial charge in [0.05, 0.1) is 17.1 Å². The van der Waals surface area contributed by atoms with E-state index in [1.807, 2.05) is 6.07 Å². The summed E-state index contributed by atoms with van der Waals surface area (Å²) in [6.07, 6.45) is 1.61. The molecule has 1 heterocycles. The Labute approximate surface area is 80.4 Å². The fraction of sp³-hybridized carbons (Fsp3) is 0. The number of benzene rings is 1. The summed E-state index contributed by atoms with van der Waals surface area (Å²) in [7, 11) is 0. The fourth-order valence-electron chi connectivity index (χ4n) is 1.22. The largest absolute Gasteiger partial charge is 0.256 e. The summed E-state index contributed by atoms with van der Waals surface area (Å²) in [5.74, 6) is 0. The second kappa shape index (κ2) is 3.04. The van der Waals surface area contributed by atoms with Crippen molar-refractivity contribution >= 4 is 22.5 Å². The molecule has 0 saturated heterocycles. The highest BCUT2D eigenvalue weighted by molar-refractivity contribution is 6.31. The first kappa shape index (κ1) is 8.03. The van der Waals surface area contributed by atoms with E-state index in [4.69, 9.17) is 16.9 Å². The van der Waals surface area contributed by atoms with Crippen LogP contribution in [0.2, 0.25) is 5.02 Å². The first-order valence-corrected chi connectivity index (χ1v) is 4.13. The molecule has 3 heteroatoms. The van der Waals surface area contributed by atoms with Crippen LogP contribution in [0.5, 0.6) is 0 Å². The Bertz CT molecular complexity index is 500. The van der Waals surface area contributed by atoms with Crippen LogP contribution in [0, 0.1) is 11.3 Å². The maximum absolute atomic E-state index is 8.79. The minimum Gasteiger partial charge on any atom is -0.256 e. The molecule has 1 aromatic carbocycles. The van der Waals surface area contributed by atoms with Crippen molar-refractivity contribution in [1.29, 1.82) is 5.26 Å². The molecule has 2 aromatic rings. The molecule has 0 spiro atoms. The van der Waals surface area contributed by atoms with Crippen LogP contribution in [-0.2, 0) is 0 Å². The zero-order valence-electron chi connectivity index (χ0n) is 6.66. The molecule has 0 saturated carbocycles.